The molecule has 0 aromatic carbocycles. The monoisotopic (exact) mass is 428 g/mol. The van der Waals surface area contributed by atoms with Crippen molar-refractivity contribution in [3.8, 4) is 0 Å². The zero-order valence-electron chi connectivity index (χ0n) is 20.4. The van der Waals surface area contributed by atoms with E-state index in [9.17, 15) is 9.46 Å². The van der Waals surface area contributed by atoms with E-state index in [1.54, 1.807) is 0 Å². The van der Waals surface area contributed by atoms with Crippen LogP contribution in [0.4, 0.5) is 0 Å². The van der Waals surface area contributed by atoms with Gasteiger partial charge >= 0.3 is 8.03 Å². The molecule has 2 atom stereocenters. The molecule has 0 bridgehead atoms. The molecular formula is C25H51NO2P+. The second-order valence-corrected chi connectivity index (χ2v) is 11.0. The first-order chi connectivity index (χ1) is 13.8. The summed E-state index contributed by atoms with van der Waals surface area (Å²) in [5.41, 5.74) is 0. The number of unbranched alkanes of at least 4 members (excludes halogenated alkanes) is 13. The van der Waals surface area contributed by atoms with Crippen molar-refractivity contribution in [1.82, 2.24) is 0 Å². The van der Waals surface area contributed by atoms with Crippen molar-refractivity contribution in [1.29, 1.82) is 0 Å². The maximum atomic E-state index is 11.9. The largest absolute Gasteiger partial charge is 0.590 e. The number of nitrogens with zero attached hydrogens (tertiary/aromatic N) is 1. The van der Waals surface area contributed by atoms with Crippen LogP contribution < -0.4 is 4.89 Å². The Kier molecular flexibility index (Phi) is 17.3. The van der Waals surface area contributed by atoms with E-state index in [0.717, 1.165) is 25.7 Å². The van der Waals surface area contributed by atoms with Gasteiger partial charge in [0.05, 0.1) is 21.1 Å². The van der Waals surface area contributed by atoms with Gasteiger partial charge in [0.25, 0.3) is 5.28 Å². The molecule has 0 radical (unpaired) electrons. The highest BCUT2D eigenvalue weighted by atomic mass is 31.1. The highest BCUT2D eigenvalue weighted by molar-refractivity contribution is 7.38. The van der Waals surface area contributed by atoms with Gasteiger partial charge in [-0.1, -0.05) is 94.8 Å². The van der Waals surface area contributed by atoms with E-state index in [1.165, 1.54) is 77.0 Å². The molecule has 0 amide bonds. The molecule has 3 nitrogen and oxygen atoms in total. The molecule has 29 heavy (non-hydrogen) atoms. The molecule has 0 heterocycles. The second-order valence-electron chi connectivity index (χ2n) is 9.65. The van der Waals surface area contributed by atoms with Gasteiger partial charge in [0.1, 0.15) is 0 Å². The Balaban J connectivity index is 3.64. The SMILES string of the molecule is CCCCCCCCCCCC/C=C\CCCCCC(CC)([P+](=O)[O-])[N+](C)(C)C. The molecule has 0 aliphatic rings. The molecule has 172 valence electrons. The van der Waals surface area contributed by atoms with Gasteiger partial charge in [-0.2, -0.15) is 0 Å². The van der Waals surface area contributed by atoms with E-state index in [4.69, 9.17) is 0 Å². The van der Waals surface area contributed by atoms with Crippen molar-refractivity contribution < 1.29 is 13.9 Å². The molecule has 0 N–H and O–H groups in total. The van der Waals surface area contributed by atoms with E-state index in [1.807, 2.05) is 28.1 Å². The van der Waals surface area contributed by atoms with Crippen LogP contribution in [0.15, 0.2) is 12.2 Å². The Morgan fingerprint density at radius 2 is 1.14 bits per heavy atom. The van der Waals surface area contributed by atoms with E-state index in [2.05, 4.69) is 19.1 Å². The average Bonchev–Trinajstić information content (AvgIpc) is 2.66. The van der Waals surface area contributed by atoms with E-state index >= 15 is 0 Å². The minimum absolute atomic E-state index is 0.501. The zero-order chi connectivity index (χ0) is 22.0. The molecule has 4 heteroatoms. The van der Waals surface area contributed by atoms with Crippen LogP contribution in [-0.4, -0.2) is 30.9 Å². The molecule has 0 saturated carbocycles. The van der Waals surface area contributed by atoms with Crippen molar-refractivity contribution in [3.05, 3.63) is 12.2 Å². The minimum Gasteiger partial charge on any atom is -0.590 e. The fraction of sp³-hybridized carbons (Fsp3) is 0.920. The van der Waals surface area contributed by atoms with Crippen LogP contribution in [0.5, 0.6) is 0 Å². The summed E-state index contributed by atoms with van der Waals surface area (Å²) in [7, 11) is 3.59. The standard InChI is InChI=1S/C25H51NO2P/c1-6-8-9-10-11-12-13-14-15-16-17-18-19-20-21-22-23-24-25(7-2,29(27)28)26(3,4)5/h18-19H,6-17,20-24H2,1-5H3/q+1/b19-18-. The van der Waals surface area contributed by atoms with Crippen LogP contribution in [0.2, 0.25) is 0 Å². The van der Waals surface area contributed by atoms with Crippen molar-refractivity contribution in [3.63, 3.8) is 0 Å². The molecule has 0 spiro atoms. The van der Waals surface area contributed by atoms with Crippen LogP contribution in [-0.2, 0) is 4.57 Å². The average molecular weight is 429 g/mol. The summed E-state index contributed by atoms with van der Waals surface area (Å²) < 4.78 is 12.4. The topological polar surface area (TPSA) is 40.1 Å². The fourth-order valence-corrected chi connectivity index (χ4v) is 5.37. The number of hydrogen-bond acceptors (Lipinski definition) is 2. The summed E-state index contributed by atoms with van der Waals surface area (Å²) in [5.74, 6) is 0. The van der Waals surface area contributed by atoms with Gasteiger partial charge in [-0.05, 0) is 32.1 Å². The highest BCUT2D eigenvalue weighted by Gasteiger charge is 2.52. The first kappa shape index (κ1) is 28.8. The fourth-order valence-electron chi connectivity index (χ4n) is 4.28. The molecule has 0 aliphatic carbocycles. The Bertz CT molecular complexity index is 431. The summed E-state index contributed by atoms with van der Waals surface area (Å²) in [6, 6.07) is 0. The summed E-state index contributed by atoms with van der Waals surface area (Å²) in [4.78, 5) is 11.9. The Labute approximate surface area is 183 Å². The highest BCUT2D eigenvalue weighted by Crippen LogP contribution is 2.44. The van der Waals surface area contributed by atoms with Crippen LogP contribution in [0, 0.1) is 0 Å². The predicted octanol–water partition coefficient (Wildman–Crippen LogP) is 7.72. The van der Waals surface area contributed by atoms with Gasteiger partial charge in [0.15, 0.2) is 0 Å². The summed E-state index contributed by atoms with van der Waals surface area (Å²) in [6.45, 7) is 4.28. The molecule has 0 aromatic heterocycles. The molecule has 2 unspecified atom stereocenters. The second kappa shape index (κ2) is 17.4. The number of hydrogen-bond donors (Lipinski definition) is 0. The normalized spacial score (nSPS) is 15.0. The third kappa shape index (κ3) is 12.9. The first-order valence-electron chi connectivity index (χ1n) is 12.4. The maximum absolute atomic E-state index is 11.9. The van der Waals surface area contributed by atoms with Crippen LogP contribution in [0.1, 0.15) is 123 Å². The number of allylic oxidation sites excluding steroid dienone is 2. The lowest BCUT2D eigenvalue weighted by molar-refractivity contribution is -0.910. The first-order valence-corrected chi connectivity index (χ1v) is 13.6. The third-order valence-electron chi connectivity index (χ3n) is 6.49. The van der Waals surface area contributed by atoms with E-state index < -0.39 is 13.3 Å². The van der Waals surface area contributed by atoms with Gasteiger partial charge in [-0.3, -0.25) is 4.48 Å². The van der Waals surface area contributed by atoms with Crippen molar-refractivity contribution in [2.45, 2.75) is 128 Å². The summed E-state index contributed by atoms with van der Waals surface area (Å²) >= 11 is 0. The lowest BCUT2D eigenvalue weighted by atomic mass is 10.0. The van der Waals surface area contributed by atoms with Gasteiger partial charge < -0.3 is 4.89 Å². The molecule has 0 aromatic rings. The van der Waals surface area contributed by atoms with Gasteiger partial charge in [-0.25, -0.2) is 0 Å². The van der Waals surface area contributed by atoms with Gasteiger partial charge in [-0.15, -0.1) is 0 Å². The van der Waals surface area contributed by atoms with Crippen LogP contribution in [0.3, 0.4) is 0 Å². The molecule has 0 rings (SSSR count). The summed E-state index contributed by atoms with van der Waals surface area (Å²) in [6.07, 6.45) is 25.7. The lowest BCUT2D eigenvalue weighted by Gasteiger charge is -2.39. The third-order valence-corrected chi connectivity index (χ3v) is 8.31. The van der Waals surface area contributed by atoms with Gasteiger partial charge in [0.2, 0.25) is 0 Å². The molecule has 0 saturated heterocycles. The quantitative estimate of drug-likeness (QED) is 0.0861. The van der Waals surface area contributed by atoms with Crippen molar-refractivity contribution in [2.75, 3.05) is 21.1 Å². The Morgan fingerprint density at radius 3 is 1.52 bits per heavy atom. The van der Waals surface area contributed by atoms with Crippen molar-refractivity contribution in [2.24, 2.45) is 0 Å². The van der Waals surface area contributed by atoms with Crippen LogP contribution >= 0.6 is 8.03 Å². The minimum atomic E-state index is -2.42. The lowest BCUT2D eigenvalue weighted by Crippen LogP contribution is -2.55. The molecule has 0 fully saturated rings. The molecule has 0 aliphatic heterocycles. The van der Waals surface area contributed by atoms with E-state index in [-0.39, 0.29) is 0 Å². The van der Waals surface area contributed by atoms with Crippen LogP contribution in [0.25, 0.3) is 0 Å². The Hall–Kier alpha value is -0.240. The Morgan fingerprint density at radius 1 is 0.724 bits per heavy atom. The molecular weight excluding hydrogens is 377 g/mol. The van der Waals surface area contributed by atoms with Crippen molar-refractivity contribution >= 4 is 8.03 Å². The predicted molar refractivity (Wildman–Crippen MR) is 127 cm³/mol. The smallest absolute Gasteiger partial charge is 0.376 e. The number of quaternary nitrogens is 1. The summed E-state index contributed by atoms with van der Waals surface area (Å²) in [5, 5.41) is -0.610. The van der Waals surface area contributed by atoms with Gasteiger partial charge in [0, 0.05) is 12.8 Å². The number of rotatable bonds is 20. The van der Waals surface area contributed by atoms with E-state index in [0.29, 0.717) is 10.9 Å². The zero-order valence-corrected chi connectivity index (χ0v) is 21.3. The maximum Gasteiger partial charge on any atom is 0.376 e.